The van der Waals surface area contributed by atoms with E-state index in [1.807, 2.05) is 0 Å². The summed E-state index contributed by atoms with van der Waals surface area (Å²) in [5.74, 6) is 0. The minimum absolute atomic E-state index is 0.178. The molecule has 0 aromatic heterocycles. The van der Waals surface area contributed by atoms with Crippen LogP contribution in [0.4, 0.5) is 5.69 Å². The quantitative estimate of drug-likeness (QED) is 0.739. The monoisotopic (exact) mass is 217 g/mol. The first kappa shape index (κ1) is 12.8. The van der Waals surface area contributed by atoms with Crippen LogP contribution in [0.3, 0.4) is 0 Å². The summed E-state index contributed by atoms with van der Waals surface area (Å²) in [4.78, 5) is 0. The molecule has 0 aliphatic carbocycles. The van der Waals surface area contributed by atoms with E-state index < -0.39 is 0 Å². The number of nitrogens with one attached hydrogen (secondary N) is 1. The molecule has 0 saturated carbocycles. The van der Waals surface area contributed by atoms with Gasteiger partial charge in [0.05, 0.1) is 0 Å². The van der Waals surface area contributed by atoms with Crippen molar-refractivity contribution in [1.29, 1.82) is 0 Å². The summed E-state index contributed by atoms with van der Waals surface area (Å²) < 4.78 is 0. The average Bonchev–Trinajstić information content (AvgIpc) is 2.25. The maximum absolute atomic E-state index is 4.02. The van der Waals surface area contributed by atoms with Gasteiger partial charge in [0.25, 0.3) is 0 Å². The summed E-state index contributed by atoms with van der Waals surface area (Å²) in [7, 11) is 0. The Balaban J connectivity index is 2.84. The van der Waals surface area contributed by atoms with Crippen LogP contribution in [-0.4, -0.2) is 6.54 Å². The molecule has 0 unspecified atom stereocenters. The topological polar surface area (TPSA) is 12.0 Å². The van der Waals surface area contributed by atoms with E-state index in [2.05, 4.69) is 63.9 Å². The van der Waals surface area contributed by atoms with E-state index in [-0.39, 0.29) is 5.41 Å². The van der Waals surface area contributed by atoms with Gasteiger partial charge in [-0.25, -0.2) is 0 Å². The standard InChI is InChI=1S/C15H23N/c1-6-12(2)11-16-14-10-8-7-9-13(14)15(3,4)5/h7-10,16H,2,6,11H2,1,3-5H3. The van der Waals surface area contributed by atoms with Crippen molar-refractivity contribution in [3.63, 3.8) is 0 Å². The van der Waals surface area contributed by atoms with Crippen LogP contribution >= 0.6 is 0 Å². The highest BCUT2D eigenvalue weighted by Crippen LogP contribution is 2.29. The smallest absolute Gasteiger partial charge is 0.0380 e. The average molecular weight is 217 g/mol. The van der Waals surface area contributed by atoms with E-state index in [1.165, 1.54) is 16.8 Å². The molecule has 0 fully saturated rings. The molecule has 0 atom stereocenters. The van der Waals surface area contributed by atoms with Crippen LogP contribution in [0.15, 0.2) is 36.4 Å². The van der Waals surface area contributed by atoms with Crippen LogP contribution in [0.25, 0.3) is 0 Å². The van der Waals surface area contributed by atoms with Crippen molar-refractivity contribution in [3.05, 3.63) is 42.0 Å². The summed E-state index contributed by atoms with van der Waals surface area (Å²) in [5.41, 5.74) is 4.00. The number of benzene rings is 1. The molecule has 16 heavy (non-hydrogen) atoms. The van der Waals surface area contributed by atoms with Crippen LogP contribution in [0, 0.1) is 0 Å². The van der Waals surface area contributed by atoms with Gasteiger partial charge in [0.1, 0.15) is 0 Å². The molecule has 1 heteroatoms. The lowest BCUT2D eigenvalue weighted by Crippen LogP contribution is -2.15. The fourth-order valence-electron chi connectivity index (χ4n) is 1.64. The Bertz CT molecular complexity index is 358. The molecule has 1 rings (SSSR count). The minimum Gasteiger partial charge on any atom is -0.381 e. The first-order valence-corrected chi connectivity index (χ1v) is 5.95. The maximum atomic E-state index is 4.02. The largest absolute Gasteiger partial charge is 0.381 e. The molecule has 1 nitrogen and oxygen atoms in total. The summed E-state index contributed by atoms with van der Waals surface area (Å²) in [6.07, 6.45) is 1.03. The molecule has 88 valence electrons. The third-order valence-corrected chi connectivity index (χ3v) is 2.76. The second kappa shape index (κ2) is 5.20. The Morgan fingerprint density at radius 2 is 1.88 bits per heavy atom. The Kier molecular flexibility index (Phi) is 4.17. The zero-order chi connectivity index (χ0) is 12.2. The van der Waals surface area contributed by atoms with Crippen molar-refractivity contribution in [2.24, 2.45) is 0 Å². The highest BCUT2D eigenvalue weighted by Gasteiger charge is 2.16. The maximum Gasteiger partial charge on any atom is 0.0380 e. The third kappa shape index (κ3) is 3.41. The van der Waals surface area contributed by atoms with Gasteiger partial charge < -0.3 is 5.32 Å². The van der Waals surface area contributed by atoms with E-state index >= 15 is 0 Å². The minimum atomic E-state index is 0.178. The van der Waals surface area contributed by atoms with Gasteiger partial charge in [0.2, 0.25) is 0 Å². The molecule has 0 spiro atoms. The number of anilines is 1. The van der Waals surface area contributed by atoms with E-state index in [4.69, 9.17) is 0 Å². The van der Waals surface area contributed by atoms with Gasteiger partial charge in [-0.1, -0.05) is 58.0 Å². The first-order chi connectivity index (χ1) is 7.45. The molecule has 1 N–H and O–H groups in total. The van der Waals surface area contributed by atoms with Gasteiger partial charge in [-0.3, -0.25) is 0 Å². The van der Waals surface area contributed by atoms with Gasteiger partial charge in [0.15, 0.2) is 0 Å². The molecule has 0 aliphatic rings. The third-order valence-electron chi connectivity index (χ3n) is 2.76. The van der Waals surface area contributed by atoms with E-state index in [0.29, 0.717) is 0 Å². The predicted molar refractivity (Wildman–Crippen MR) is 73.1 cm³/mol. The lowest BCUT2D eigenvalue weighted by molar-refractivity contribution is 0.592. The molecule has 1 aromatic carbocycles. The Morgan fingerprint density at radius 3 is 2.44 bits per heavy atom. The molecular weight excluding hydrogens is 194 g/mol. The molecule has 0 aliphatic heterocycles. The fourth-order valence-corrected chi connectivity index (χ4v) is 1.64. The lowest BCUT2D eigenvalue weighted by Gasteiger charge is -2.23. The summed E-state index contributed by atoms with van der Waals surface area (Å²) >= 11 is 0. The van der Waals surface area contributed by atoms with Crippen molar-refractivity contribution in [3.8, 4) is 0 Å². The van der Waals surface area contributed by atoms with Crippen molar-refractivity contribution >= 4 is 5.69 Å². The first-order valence-electron chi connectivity index (χ1n) is 5.95. The van der Waals surface area contributed by atoms with Crippen molar-refractivity contribution in [1.82, 2.24) is 0 Å². The molecular formula is C15H23N. The molecule has 0 heterocycles. The molecule has 1 aromatic rings. The van der Waals surface area contributed by atoms with Crippen molar-refractivity contribution < 1.29 is 0 Å². The van der Waals surface area contributed by atoms with Crippen LogP contribution in [0.1, 0.15) is 39.7 Å². The summed E-state index contributed by atoms with van der Waals surface area (Å²) in [6.45, 7) is 13.7. The second-order valence-corrected chi connectivity index (χ2v) is 5.25. The SMILES string of the molecule is C=C(CC)CNc1ccccc1C(C)(C)C. The van der Waals surface area contributed by atoms with Crippen LogP contribution in [0.5, 0.6) is 0 Å². The highest BCUT2D eigenvalue weighted by molar-refractivity contribution is 5.54. The van der Waals surface area contributed by atoms with Crippen molar-refractivity contribution in [2.45, 2.75) is 39.5 Å². The number of hydrogen-bond acceptors (Lipinski definition) is 1. The number of rotatable bonds is 4. The molecule has 0 radical (unpaired) electrons. The normalized spacial score (nSPS) is 11.2. The van der Waals surface area contributed by atoms with E-state index in [1.54, 1.807) is 0 Å². The zero-order valence-corrected chi connectivity index (χ0v) is 10.9. The lowest BCUT2D eigenvalue weighted by atomic mass is 9.86. The van der Waals surface area contributed by atoms with Gasteiger partial charge in [-0.15, -0.1) is 0 Å². The molecule has 0 bridgehead atoms. The van der Waals surface area contributed by atoms with E-state index in [0.717, 1.165) is 13.0 Å². The van der Waals surface area contributed by atoms with Crippen molar-refractivity contribution in [2.75, 3.05) is 11.9 Å². The van der Waals surface area contributed by atoms with Crippen LogP contribution in [0.2, 0.25) is 0 Å². The Hall–Kier alpha value is -1.24. The molecule has 0 amide bonds. The summed E-state index contributed by atoms with van der Waals surface area (Å²) in [6, 6.07) is 8.51. The summed E-state index contributed by atoms with van der Waals surface area (Å²) in [5, 5.41) is 3.47. The second-order valence-electron chi connectivity index (χ2n) is 5.25. The zero-order valence-electron chi connectivity index (χ0n) is 10.9. The fraction of sp³-hybridized carbons (Fsp3) is 0.467. The number of hydrogen-bond donors (Lipinski definition) is 1. The molecule has 0 saturated heterocycles. The van der Waals surface area contributed by atoms with Gasteiger partial charge in [-0.2, -0.15) is 0 Å². The van der Waals surface area contributed by atoms with Crippen LogP contribution in [-0.2, 0) is 5.41 Å². The van der Waals surface area contributed by atoms with Gasteiger partial charge >= 0.3 is 0 Å². The van der Waals surface area contributed by atoms with Gasteiger partial charge in [0, 0.05) is 12.2 Å². The highest BCUT2D eigenvalue weighted by atomic mass is 14.9. The van der Waals surface area contributed by atoms with E-state index in [9.17, 15) is 0 Å². The van der Waals surface area contributed by atoms with Gasteiger partial charge in [-0.05, 0) is 23.5 Å². The number of para-hydroxylation sites is 1. The Labute approximate surface area is 99.6 Å². The Morgan fingerprint density at radius 1 is 1.25 bits per heavy atom. The predicted octanol–water partition coefficient (Wildman–Crippen LogP) is 4.36. The van der Waals surface area contributed by atoms with Crippen LogP contribution < -0.4 is 5.32 Å².